The second kappa shape index (κ2) is 10.5. The molecule has 10 heteroatoms. The Morgan fingerprint density at radius 3 is 2.31 bits per heavy atom. The molecule has 0 spiro atoms. The summed E-state index contributed by atoms with van der Waals surface area (Å²) in [6.07, 6.45) is 0. The summed E-state index contributed by atoms with van der Waals surface area (Å²) in [4.78, 5) is 49.7. The number of halogens is 1. The Bertz CT molecular complexity index is 1260. The molecule has 0 saturated heterocycles. The normalized spacial score (nSPS) is 12.2. The van der Waals surface area contributed by atoms with Gasteiger partial charge in [0.15, 0.2) is 11.5 Å². The van der Waals surface area contributed by atoms with E-state index >= 15 is 0 Å². The molecular formula is C25H28FN5O4. The van der Waals surface area contributed by atoms with Gasteiger partial charge in [-0.05, 0) is 17.0 Å². The van der Waals surface area contributed by atoms with E-state index in [0.29, 0.717) is 22.0 Å². The quantitative estimate of drug-likeness (QED) is 0.402. The van der Waals surface area contributed by atoms with Crippen LogP contribution in [0.5, 0.6) is 0 Å². The number of ketones is 1. The van der Waals surface area contributed by atoms with E-state index in [-0.39, 0.29) is 24.6 Å². The number of nitrogens with one attached hydrogen (secondary N) is 2. The summed E-state index contributed by atoms with van der Waals surface area (Å²) in [7, 11) is 0. The van der Waals surface area contributed by atoms with Crippen molar-refractivity contribution in [3.63, 3.8) is 0 Å². The number of aromatic nitrogens is 2. The van der Waals surface area contributed by atoms with Gasteiger partial charge in [0.25, 0.3) is 5.91 Å². The first kappa shape index (κ1) is 25.5. The van der Waals surface area contributed by atoms with E-state index in [1.165, 1.54) is 4.68 Å². The molecule has 0 aliphatic carbocycles. The number of carbonyl (C=O) groups is 4. The first-order valence-electron chi connectivity index (χ1n) is 11.0. The summed E-state index contributed by atoms with van der Waals surface area (Å²) in [5.74, 6) is -2.12. The Balaban J connectivity index is 1.88. The average molecular weight is 482 g/mol. The van der Waals surface area contributed by atoms with E-state index < -0.39 is 35.9 Å². The van der Waals surface area contributed by atoms with Crippen molar-refractivity contribution in [3.05, 3.63) is 65.4 Å². The van der Waals surface area contributed by atoms with Gasteiger partial charge in [0.1, 0.15) is 19.3 Å². The zero-order valence-electron chi connectivity index (χ0n) is 19.8. The van der Waals surface area contributed by atoms with Crippen LogP contribution in [-0.4, -0.2) is 45.9 Å². The van der Waals surface area contributed by atoms with Crippen molar-refractivity contribution < 1.29 is 23.6 Å². The number of carbonyl (C=O) groups excluding carboxylic acids is 4. The van der Waals surface area contributed by atoms with Gasteiger partial charge >= 0.3 is 0 Å². The standard InChI is InChI=1S/C25H28FN5O4/c1-25(2,3)22(24(35)28-13-20(27)33)29-23(34)21-17-6-4-5-7-18(17)31(30-21)14-19(32)16-10-8-15(12-26)9-11-16/h4-11,22H,12-14H2,1-3H3,(H2,27,33)(H,28,35)(H,29,34). The SMILES string of the molecule is CC(C)(C)C(NC(=O)c1nn(CC(=O)c2ccc(CF)cc2)c2ccccc12)C(=O)NCC(N)=O. The van der Waals surface area contributed by atoms with Gasteiger partial charge in [-0.3, -0.25) is 23.9 Å². The molecule has 0 radical (unpaired) electrons. The van der Waals surface area contributed by atoms with Crippen LogP contribution in [0.25, 0.3) is 10.9 Å². The van der Waals surface area contributed by atoms with Gasteiger partial charge in [-0.25, -0.2) is 4.39 Å². The number of alkyl halides is 1. The molecule has 1 unspecified atom stereocenters. The maximum absolute atomic E-state index is 13.2. The van der Waals surface area contributed by atoms with E-state index in [1.807, 2.05) is 0 Å². The molecule has 0 aliphatic rings. The van der Waals surface area contributed by atoms with Crippen molar-refractivity contribution >= 4 is 34.4 Å². The Labute approximate surface area is 201 Å². The summed E-state index contributed by atoms with van der Waals surface area (Å²) in [5, 5.41) is 10.0. The zero-order chi connectivity index (χ0) is 25.8. The predicted octanol–water partition coefficient (Wildman–Crippen LogP) is 2.13. The molecule has 184 valence electrons. The number of para-hydroxylation sites is 1. The fraction of sp³-hybridized carbons (Fsp3) is 0.320. The highest BCUT2D eigenvalue weighted by atomic mass is 19.1. The van der Waals surface area contributed by atoms with Crippen molar-refractivity contribution in [2.45, 2.75) is 40.0 Å². The molecule has 2 aromatic carbocycles. The molecule has 35 heavy (non-hydrogen) atoms. The molecule has 9 nitrogen and oxygen atoms in total. The molecule has 0 fully saturated rings. The number of fused-ring (bicyclic) bond motifs is 1. The monoisotopic (exact) mass is 481 g/mol. The first-order chi connectivity index (χ1) is 16.5. The van der Waals surface area contributed by atoms with Crippen molar-refractivity contribution in [1.29, 1.82) is 0 Å². The second-order valence-corrected chi connectivity index (χ2v) is 9.23. The van der Waals surface area contributed by atoms with Gasteiger partial charge in [-0.1, -0.05) is 63.2 Å². The number of amides is 3. The average Bonchev–Trinajstić information content (AvgIpc) is 3.18. The molecule has 4 N–H and O–H groups in total. The van der Waals surface area contributed by atoms with Crippen LogP contribution < -0.4 is 16.4 Å². The molecule has 3 rings (SSSR count). The number of primary amides is 1. The Morgan fingerprint density at radius 1 is 1.06 bits per heavy atom. The molecule has 3 aromatic rings. The van der Waals surface area contributed by atoms with Gasteiger partial charge in [0.2, 0.25) is 11.8 Å². The van der Waals surface area contributed by atoms with Crippen LogP contribution in [-0.2, 0) is 22.8 Å². The first-order valence-corrected chi connectivity index (χ1v) is 11.0. The number of rotatable bonds is 9. The summed E-state index contributed by atoms with van der Waals surface area (Å²) in [6, 6.07) is 12.2. The van der Waals surface area contributed by atoms with Gasteiger partial charge in [-0.2, -0.15) is 5.10 Å². The smallest absolute Gasteiger partial charge is 0.273 e. The third-order valence-corrected chi connectivity index (χ3v) is 5.44. The Morgan fingerprint density at radius 2 is 1.71 bits per heavy atom. The lowest BCUT2D eigenvalue weighted by atomic mass is 9.86. The van der Waals surface area contributed by atoms with E-state index in [9.17, 15) is 23.6 Å². The highest BCUT2D eigenvalue weighted by molar-refractivity contribution is 6.07. The largest absolute Gasteiger partial charge is 0.368 e. The van der Waals surface area contributed by atoms with Crippen molar-refractivity contribution in [1.82, 2.24) is 20.4 Å². The maximum Gasteiger partial charge on any atom is 0.273 e. The summed E-state index contributed by atoms with van der Waals surface area (Å²) >= 11 is 0. The van der Waals surface area contributed by atoms with E-state index in [0.717, 1.165) is 0 Å². The minimum atomic E-state index is -0.978. The number of Topliss-reactive ketones (excluding diaryl/α,β-unsaturated/α-hetero) is 1. The number of hydrogen-bond donors (Lipinski definition) is 3. The van der Waals surface area contributed by atoms with Crippen molar-refractivity contribution in [2.75, 3.05) is 6.54 Å². The van der Waals surface area contributed by atoms with Gasteiger partial charge in [-0.15, -0.1) is 0 Å². The Kier molecular flexibility index (Phi) is 7.63. The maximum atomic E-state index is 13.2. The van der Waals surface area contributed by atoms with Gasteiger partial charge in [0.05, 0.1) is 12.1 Å². The molecule has 1 aromatic heterocycles. The lowest BCUT2D eigenvalue weighted by molar-refractivity contribution is -0.128. The van der Waals surface area contributed by atoms with Crippen LogP contribution in [0.1, 0.15) is 47.2 Å². The molecule has 0 aliphatic heterocycles. The van der Waals surface area contributed by atoms with E-state index in [2.05, 4.69) is 15.7 Å². The summed E-state index contributed by atoms with van der Waals surface area (Å²) in [6.45, 7) is 4.20. The summed E-state index contributed by atoms with van der Waals surface area (Å²) < 4.78 is 14.2. The predicted molar refractivity (Wildman–Crippen MR) is 128 cm³/mol. The Hall–Kier alpha value is -4.08. The van der Waals surface area contributed by atoms with Gasteiger partial charge in [0, 0.05) is 10.9 Å². The topological polar surface area (TPSA) is 136 Å². The minimum Gasteiger partial charge on any atom is -0.368 e. The minimum absolute atomic E-state index is 0.0538. The number of benzene rings is 2. The fourth-order valence-corrected chi connectivity index (χ4v) is 3.57. The van der Waals surface area contributed by atoms with Crippen molar-refractivity contribution in [3.8, 4) is 0 Å². The highest BCUT2D eigenvalue weighted by Crippen LogP contribution is 2.23. The van der Waals surface area contributed by atoms with Gasteiger partial charge < -0.3 is 16.4 Å². The second-order valence-electron chi connectivity index (χ2n) is 9.23. The third-order valence-electron chi connectivity index (χ3n) is 5.44. The third kappa shape index (κ3) is 6.08. The van der Waals surface area contributed by atoms with Crippen LogP contribution in [0.4, 0.5) is 4.39 Å². The van der Waals surface area contributed by atoms with Crippen LogP contribution >= 0.6 is 0 Å². The highest BCUT2D eigenvalue weighted by Gasteiger charge is 2.34. The van der Waals surface area contributed by atoms with E-state index in [4.69, 9.17) is 5.73 Å². The lowest BCUT2D eigenvalue weighted by Gasteiger charge is -2.30. The van der Waals surface area contributed by atoms with Crippen LogP contribution in [0, 0.1) is 5.41 Å². The number of nitrogens with two attached hydrogens (primary N) is 1. The molecule has 3 amide bonds. The van der Waals surface area contributed by atoms with Crippen LogP contribution in [0.3, 0.4) is 0 Å². The lowest BCUT2D eigenvalue weighted by Crippen LogP contribution is -2.54. The van der Waals surface area contributed by atoms with Crippen molar-refractivity contribution in [2.24, 2.45) is 11.1 Å². The fourth-order valence-electron chi connectivity index (χ4n) is 3.57. The van der Waals surface area contributed by atoms with E-state index in [1.54, 1.807) is 69.3 Å². The van der Waals surface area contributed by atoms with Crippen LogP contribution in [0.15, 0.2) is 48.5 Å². The molecule has 1 heterocycles. The molecule has 0 bridgehead atoms. The van der Waals surface area contributed by atoms with Crippen LogP contribution in [0.2, 0.25) is 0 Å². The summed E-state index contributed by atoms with van der Waals surface area (Å²) in [5.41, 5.74) is 5.91. The zero-order valence-corrected chi connectivity index (χ0v) is 19.8. The molecule has 0 saturated carbocycles. The molecule has 1 atom stereocenters. The number of hydrogen-bond acceptors (Lipinski definition) is 5. The number of nitrogens with zero attached hydrogens (tertiary/aromatic N) is 2. The molecular weight excluding hydrogens is 453 g/mol.